The van der Waals surface area contributed by atoms with Crippen LogP contribution in [0.2, 0.25) is 0 Å². The van der Waals surface area contributed by atoms with Crippen LogP contribution in [-0.2, 0) is 14.4 Å². The second-order valence-corrected chi connectivity index (χ2v) is 6.77. The highest BCUT2D eigenvalue weighted by Crippen LogP contribution is 2.28. The fraction of sp³-hybridized carbons (Fsp3) is 0.667. The van der Waals surface area contributed by atoms with E-state index in [1.165, 1.54) is 0 Å². The van der Waals surface area contributed by atoms with Crippen molar-refractivity contribution in [3.8, 4) is 0 Å². The SMILES string of the molecule is N[C@H](C(=O)O)C(N[C@@H](CS)C(=O)O)SSC[C@H](N)C(=O)O. The van der Waals surface area contributed by atoms with Crippen LogP contribution in [0.15, 0.2) is 0 Å². The van der Waals surface area contributed by atoms with Crippen molar-refractivity contribution in [1.82, 2.24) is 5.32 Å². The Kier molecular flexibility index (Phi) is 9.81. The van der Waals surface area contributed by atoms with Crippen LogP contribution < -0.4 is 16.8 Å². The monoisotopic (exact) mass is 359 g/mol. The fourth-order valence-electron chi connectivity index (χ4n) is 0.978. The molecule has 0 spiro atoms. The zero-order valence-electron chi connectivity index (χ0n) is 10.7. The zero-order chi connectivity index (χ0) is 16.6. The predicted octanol–water partition coefficient (Wildman–Crippen LogP) is -1.51. The summed E-state index contributed by atoms with van der Waals surface area (Å²) in [6.07, 6.45) is 0. The number of nitrogens with one attached hydrogen (secondary N) is 1. The van der Waals surface area contributed by atoms with Gasteiger partial charge in [-0.3, -0.25) is 19.7 Å². The van der Waals surface area contributed by atoms with Crippen LogP contribution >= 0.6 is 34.2 Å². The molecule has 0 aromatic carbocycles. The van der Waals surface area contributed by atoms with Crippen LogP contribution in [0, 0.1) is 0 Å². The van der Waals surface area contributed by atoms with Crippen LogP contribution in [0.1, 0.15) is 0 Å². The number of rotatable bonds is 11. The van der Waals surface area contributed by atoms with Gasteiger partial charge in [0.1, 0.15) is 18.1 Å². The van der Waals surface area contributed by atoms with Gasteiger partial charge in [-0.15, -0.1) is 0 Å². The van der Waals surface area contributed by atoms with E-state index in [2.05, 4.69) is 17.9 Å². The van der Waals surface area contributed by atoms with E-state index in [9.17, 15) is 14.4 Å². The highest BCUT2D eigenvalue weighted by molar-refractivity contribution is 8.77. The standard InChI is InChI=1S/C9H17N3O6S3/c10-3(7(13)14)2-20-21-6(5(11)9(17)18)12-4(1-19)8(15)16/h3-6,12,19H,1-2,10-11H2,(H,13,14)(H,15,16)(H,17,18)/t3-,4-,5-,6?/m0/s1. The van der Waals surface area contributed by atoms with Gasteiger partial charge in [-0.2, -0.15) is 12.6 Å². The molecule has 0 aliphatic carbocycles. The number of carboxylic acids is 3. The molecular weight excluding hydrogens is 342 g/mol. The van der Waals surface area contributed by atoms with Gasteiger partial charge in [-0.05, 0) is 0 Å². The van der Waals surface area contributed by atoms with Crippen LogP contribution in [0.5, 0.6) is 0 Å². The van der Waals surface area contributed by atoms with E-state index in [0.29, 0.717) is 0 Å². The summed E-state index contributed by atoms with van der Waals surface area (Å²) in [4.78, 5) is 32.4. The first-order chi connectivity index (χ1) is 9.70. The number of hydrogen-bond acceptors (Lipinski definition) is 9. The minimum atomic E-state index is -1.37. The zero-order valence-corrected chi connectivity index (χ0v) is 13.2. The maximum Gasteiger partial charge on any atom is 0.323 e. The molecule has 0 aromatic heterocycles. The maximum absolute atomic E-state index is 10.9. The molecule has 0 bridgehead atoms. The predicted molar refractivity (Wildman–Crippen MR) is 83.5 cm³/mol. The lowest BCUT2D eigenvalue weighted by molar-refractivity contribution is -0.141. The molecule has 0 heterocycles. The lowest BCUT2D eigenvalue weighted by Gasteiger charge is -2.24. The van der Waals surface area contributed by atoms with Crippen LogP contribution in [0.3, 0.4) is 0 Å². The molecule has 12 heteroatoms. The summed E-state index contributed by atoms with van der Waals surface area (Å²) in [5.74, 6) is -3.73. The van der Waals surface area contributed by atoms with Crippen molar-refractivity contribution < 1.29 is 29.7 Å². The molecule has 21 heavy (non-hydrogen) atoms. The highest BCUT2D eigenvalue weighted by Gasteiger charge is 2.29. The highest BCUT2D eigenvalue weighted by atomic mass is 33.1. The van der Waals surface area contributed by atoms with Gasteiger partial charge in [-0.1, -0.05) is 21.6 Å². The average Bonchev–Trinajstić information content (AvgIpc) is 2.40. The summed E-state index contributed by atoms with van der Waals surface area (Å²) in [7, 11) is 1.92. The molecule has 0 amide bonds. The van der Waals surface area contributed by atoms with Crippen molar-refractivity contribution in [3.63, 3.8) is 0 Å². The first kappa shape index (κ1) is 20.3. The summed E-state index contributed by atoms with van der Waals surface area (Å²) in [5.41, 5.74) is 10.8. The van der Waals surface area contributed by atoms with E-state index in [4.69, 9.17) is 26.8 Å². The molecule has 0 saturated heterocycles. The van der Waals surface area contributed by atoms with E-state index < -0.39 is 41.4 Å². The molecule has 0 aliphatic rings. The van der Waals surface area contributed by atoms with E-state index in [1.807, 2.05) is 0 Å². The van der Waals surface area contributed by atoms with Crippen molar-refractivity contribution >= 4 is 52.1 Å². The van der Waals surface area contributed by atoms with Crippen LogP contribution in [0.25, 0.3) is 0 Å². The molecule has 0 aromatic rings. The Morgan fingerprint density at radius 1 is 1.10 bits per heavy atom. The van der Waals surface area contributed by atoms with Gasteiger partial charge in [0.15, 0.2) is 0 Å². The number of nitrogens with two attached hydrogens (primary N) is 2. The Hall–Kier alpha value is -0.660. The van der Waals surface area contributed by atoms with E-state index in [1.54, 1.807) is 0 Å². The molecule has 122 valence electrons. The van der Waals surface area contributed by atoms with Gasteiger partial charge in [0.25, 0.3) is 0 Å². The largest absolute Gasteiger partial charge is 0.480 e. The van der Waals surface area contributed by atoms with Gasteiger partial charge in [0, 0.05) is 11.5 Å². The molecule has 4 atom stereocenters. The number of carbonyl (C=O) groups is 3. The van der Waals surface area contributed by atoms with Gasteiger partial charge < -0.3 is 26.8 Å². The van der Waals surface area contributed by atoms with Crippen molar-refractivity contribution in [2.75, 3.05) is 11.5 Å². The normalized spacial score (nSPS) is 16.7. The van der Waals surface area contributed by atoms with Gasteiger partial charge in [0.05, 0.1) is 5.37 Å². The second kappa shape index (κ2) is 10.1. The lowest BCUT2D eigenvalue weighted by atomic mass is 10.2. The second-order valence-electron chi connectivity index (χ2n) is 3.85. The van der Waals surface area contributed by atoms with Crippen LogP contribution in [-0.4, -0.2) is 68.2 Å². The van der Waals surface area contributed by atoms with E-state index >= 15 is 0 Å². The first-order valence-corrected chi connectivity index (χ1v) is 8.56. The lowest BCUT2D eigenvalue weighted by Crippen LogP contribution is -2.53. The summed E-state index contributed by atoms with van der Waals surface area (Å²) < 4.78 is 0. The van der Waals surface area contributed by atoms with Crippen LogP contribution in [0.4, 0.5) is 0 Å². The topological polar surface area (TPSA) is 176 Å². The molecule has 9 nitrogen and oxygen atoms in total. The quantitative estimate of drug-likeness (QED) is 0.130. The average molecular weight is 359 g/mol. The Bertz CT molecular complexity index is 386. The number of thiol groups is 1. The number of hydrogen-bond donors (Lipinski definition) is 7. The maximum atomic E-state index is 10.9. The van der Waals surface area contributed by atoms with Crippen molar-refractivity contribution in [1.29, 1.82) is 0 Å². The molecule has 0 rings (SSSR count). The third kappa shape index (κ3) is 7.78. The smallest absolute Gasteiger partial charge is 0.323 e. The molecule has 0 radical (unpaired) electrons. The Balaban J connectivity index is 4.64. The summed E-state index contributed by atoms with van der Waals surface area (Å²) in [6.45, 7) is 0. The van der Waals surface area contributed by atoms with Gasteiger partial charge in [-0.25, -0.2) is 0 Å². The number of aliphatic carboxylic acids is 3. The molecule has 0 aliphatic heterocycles. The minimum absolute atomic E-state index is 0.0170. The third-order valence-corrected chi connectivity index (χ3v) is 5.27. The third-order valence-electron chi connectivity index (χ3n) is 2.19. The minimum Gasteiger partial charge on any atom is -0.480 e. The molecule has 8 N–H and O–H groups in total. The molecule has 0 saturated carbocycles. The molecular formula is C9H17N3O6S3. The molecule has 0 fully saturated rings. The van der Waals surface area contributed by atoms with E-state index in [-0.39, 0.29) is 11.5 Å². The first-order valence-electron chi connectivity index (χ1n) is 5.55. The van der Waals surface area contributed by atoms with Crippen molar-refractivity contribution in [2.45, 2.75) is 23.5 Å². The summed E-state index contributed by atoms with van der Waals surface area (Å²) in [6, 6.07) is -3.56. The summed E-state index contributed by atoms with van der Waals surface area (Å²) in [5, 5.41) is 28.1. The Morgan fingerprint density at radius 3 is 2.05 bits per heavy atom. The summed E-state index contributed by atoms with van der Waals surface area (Å²) >= 11 is 3.86. The Morgan fingerprint density at radius 2 is 1.67 bits per heavy atom. The number of carboxylic acid groups (broad SMARTS) is 3. The van der Waals surface area contributed by atoms with E-state index in [0.717, 1.165) is 21.6 Å². The van der Waals surface area contributed by atoms with Gasteiger partial charge >= 0.3 is 17.9 Å². The van der Waals surface area contributed by atoms with Crippen molar-refractivity contribution in [3.05, 3.63) is 0 Å². The van der Waals surface area contributed by atoms with Gasteiger partial charge in [0.2, 0.25) is 0 Å². The van der Waals surface area contributed by atoms with Crippen molar-refractivity contribution in [2.24, 2.45) is 11.5 Å². The molecule has 1 unspecified atom stereocenters. The Labute approximate surface area is 134 Å². The fourth-order valence-corrected chi connectivity index (χ4v) is 3.85.